The van der Waals surface area contributed by atoms with Crippen LogP contribution in [0.4, 0.5) is 10.5 Å². The number of nitrogens with one attached hydrogen (secondary N) is 2. The average Bonchev–Trinajstić information content (AvgIpc) is 2.96. The molecule has 2 saturated carbocycles. The molecule has 3 atom stereocenters. The zero-order chi connectivity index (χ0) is 19.5. The van der Waals surface area contributed by atoms with Gasteiger partial charge in [-0.05, 0) is 54.6 Å². The van der Waals surface area contributed by atoms with Crippen LogP contribution in [0.1, 0.15) is 45.6 Å². The minimum atomic E-state index is -0.417. The van der Waals surface area contributed by atoms with Crippen molar-refractivity contribution >= 4 is 11.8 Å². The first-order chi connectivity index (χ1) is 12.8. The van der Waals surface area contributed by atoms with Crippen LogP contribution in [0.3, 0.4) is 0 Å². The molecule has 0 aromatic heterocycles. The number of carbonyl (C=O) groups excluding carboxylic acids is 1. The number of anilines is 1. The van der Waals surface area contributed by atoms with Crippen molar-refractivity contribution in [3.05, 3.63) is 29.8 Å². The zero-order valence-corrected chi connectivity index (χ0v) is 17.1. The van der Waals surface area contributed by atoms with Gasteiger partial charge in [0, 0.05) is 18.8 Å². The molecule has 1 amide bonds. The second-order valence-electron chi connectivity index (χ2n) is 8.80. The van der Waals surface area contributed by atoms with Gasteiger partial charge in [-0.1, -0.05) is 39.0 Å². The smallest absolute Gasteiger partial charge is 0.411 e. The first kappa shape index (κ1) is 20.2. The first-order valence-electron chi connectivity index (χ1n) is 10.2. The number of hydrogen-bond acceptors (Lipinski definition) is 4. The van der Waals surface area contributed by atoms with Gasteiger partial charge >= 0.3 is 6.09 Å². The molecule has 0 unspecified atom stereocenters. The molecule has 2 aliphatic carbocycles. The van der Waals surface area contributed by atoms with Gasteiger partial charge in [-0.15, -0.1) is 0 Å². The van der Waals surface area contributed by atoms with Crippen molar-refractivity contribution < 1.29 is 14.3 Å². The quantitative estimate of drug-likeness (QED) is 0.664. The molecule has 2 N–H and O–H groups in total. The van der Waals surface area contributed by atoms with Crippen LogP contribution < -0.4 is 10.6 Å². The largest absolute Gasteiger partial charge is 0.448 e. The highest BCUT2D eigenvalue weighted by molar-refractivity contribution is 5.85. The van der Waals surface area contributed by atoms with Crippen LogP contribution in [0.2, 0.25) is 0 Å². The van der Waals surface area contributed by atoms with Gasteiger partial charge in [0.25, 0.3) is 0 Å². The molecule has 2 aliphatic rings. The Kier molecular flexibility index (Phi) is 6.11. The molecule has 0 radical (unpaired) electrons. The van der Waals surface area contributed by atoms with Crippen molar-refractivity contribution in [2.45, 2.75) is 53.1 Å². The van der Waals surface area contributed by atoms with E-state index in [0.29, 0.717) is 36.7 Å². The highest BCUT2D eigenvalue weighted by Crippen LogP contribution is 2.66. The lowest BCUT2D eigenvalue weighted by atomic mass is 9.70. The number of benzene rings is 1. The van der Waals surface area contributed by atoms with Crippen molar-refractivity contribution in [1.82, 2.24) is 5.32 Å². The summed E-state index contributed by atoms with van der Waals surface area (Å²) in [6, 6.07) is 7.65. The van der Waals surface area contributed by atoms with Crippen molar-refractivity contribution in [3.63, 3.8) is 0 Å². The molecular weight excluding hydrogens is 340 g/mol. The van der Waals surface area contributed by atoms with Gasteiger partial charge < -0.3 is 14.8 Å². The lowest BCUT2D eigenvalue weighted by Gasteiger charge is -2.38. The summed E-state index contributed by atoms with van der Waals surface area (Å²) in [5, 5.41) is 6.05. The fourth-order valence-corrected chi connectivity index (χ4v) is 4.86. The molecule has 0 saturated heterocycles. The van der Waals surface area contributed by atoms with Gasteiger partial charge in [-0.3, -0.25) is 5.32 Å². The fraction of sp³-hybridized carbons (Fsp3) is 0.682. The van der Waals surface area contributed by atoms with E-state index in [4.69, 9.17) is 9.47 Å². The number of ether oxygens (including phenoxy) is 2. The van der Waals surface area contributed by atoms with Gasteiger partial charge in [0.2, 0.25) is 0 Å². The van der Waals surface area contributed by atoms with E-state index in [1.807, 2.05) is 31.2 Å². The lowest BCUT2D eigenvalue weighted by Crippen LogP contribution is -2.38. The van der Waals surface area contributed by atoms with Gasteiger partial charge in [-0.2, -0.15) is 0 Å². The third-order valence-corrected chi connectivity index (χ3v) is 7.21. The SMILES string of the molecule is Cc1ccccc1NC(=O)OCCNCCO[C@@H]1C[C@H]2CC[C@@]1(C)C2(C)C. The molecule has 1 aromatic rings. The van der Waals surface area contributed by atoms with E-state index in [0.717, 1.165) is 23.7 Å². The second kappa shape index (κ2) is 8.19. The minimum absolute atomic E-state index is 0.314. The topological polar surface area (TPSA) is 59.6 Å². The van der Waals surface area contributed by atoms with Crippen molar-refractivity contribution in [2.75, 3.05) is 31.6 Å². The van der Waals surface area contributed by atoms with E-state index in [1.165, 1.54) is 19.3 Å². The molecule has 5 heteroatoms. The maximum absolute atomic E-state index is 11.8. The normalized spacial score (nSPS) is 28.3. The molecule has 0 aliphatic heterocycles. The van der Waals surface area contributed by atoms with Crippen LogP contribution in [0, 0.1) is 23.7 Å². The van der Waals surface area contributed by atoms with E-state index in [1.54, 1.807) is 0 Å². The summed E-state index contributed by atoms with van der Waals surface area (Å²) < 4.78 is 11.4. The molecule has 5 nitrogen and oxygen atoms in total. The van der Waals surface area contributed by atoms with Crippen molar-refractivity contribution in [2.24, 2.45) is 16.7 Å². The van der Waals surface area contributed by atoms with Gasteiger partial charge in [-0.25, -0.2) is 4.79 Å². The van der Waals surface area contributed by atoms with Gasteiger partial charge in [0.05, 0.1) is 12.7 Å². The molecular formula is C22H34N2O3. The number of fused-ring (bicyclic) bond motifs is 2. The Hall–Kier alpha value is -1.59. The second-order valence-corrected chi connectivity index (χ2v) is 8.80. The van der Waals surface area contributed by atoms with Gasteiger partial charge in [0.15, 0.2) is 0 Å². The van der Waals surface area contributed by atoms with Crippen LogP contribution >= 0.6 is 0 Å². The Labute approximate surface area is 163 Å². The molecule has 0 heterocycles. The number of rotatable bonds is 8. The monoisotopic (exact) mass is 374 g/mol. The average molecular weight is 375 g/mol. The summed E-state index contributed by atoms with van der Waals surface area (Å²) in [5.41, 5.74) is 2.51. The lowest BCUT2D eigenvalue weighted by molar-refractivity contribution is -0.0450. The molecule has 2 fully saturated rings. The number of carbonyl (C=O) groups is 1. The summed E-state index contributed by atoms with van der Waals surface area (Å²) in [6.07, 6.45) is 3.80. The van der Waals surface area contributed by atoms with Crippen LogP contribution in [-0.4, -0.2) is 38.5 Å². The maximum Gasteiger partial charge on any atom is 0.411 e. The van der Waals surface area contributed by atoms with E-state index < -0.39 is 6.09 Å². The maximum atomic E-state index is 11.8. The summed E-state index contributed by atoms with van der Waals surface area (Å²) >= 11 is 0. The fourth-order valence-electron chi connectivity index (χ4n) is 4.86. The van der Waals surface area contributed by atoms with E-state index in [-0.39, 0.29) is 0 Å². The third-order valence-electron chi connectivity index (χ3n) is 7.21. The number of hydrogen-bond donors (Lipinski definition) is 2. The van der Waals surface area contributed by atoms with Crippen LogP contribution in [0.25, 0.3) is 0 Å². The number of para-hydroxylation sites is 1. The molecule has 3 rings (SSSR count). The molecule has 1 aromatic carbocycles. The van der Waals surface area contributed by atoms with E-state index in [2.05, 4.69) is 31.4 Å². The predicted octanol–water partition coefficient (Wildman–Crippen LogP) is 4.36. The Morgan fingerprint density at radius 1 is 1.19 bits per heavy atom. The van der Waals surface area contributed by atoms with Gasteiger partial charge in [0.1, 0.15) is 6.61 Å². The van der Waals surface area contributed by atoms with Crippen LogP contribution in [0.5, 0.6) is 0 Å². The zero-order valence-electron chi connectivity index (χ0n) is 17.1. The number of amides is 1. The summed E-state index contributed by atoms with van der Waals surface area (Å²) in [4.78, 5) is 11.8. The minimum Gasteiger partial charge on any atom is -0.448 e. The molecule has 27 heavy (non-hydrogen) atoms. The molecule has 2 bridgehead atoms. The Bertz CT molecular complexity index is 661. The Balaban J connectivity index is 1.26. The van der Waals surface area contributed by atoms with Crippen molar-refractivity contribution in [1.29, 1.82) is 0 Å². The van der Waals surface area contributed by atoms with E-state index in [9.17, 15) is 4.79 Å². The number of aryl methyl sites for hydroxylation is 1. The third kappa shape index (κ3) is 4.14. The highest BCUT2D eigenvalue weighted by Gasteiger charge is 2.61. The highest BCUT2D eigenvalue weighted by atomic mass is 16.5. The van der Waals surface area contributed by atoms with E-state index >= 15 is 0 Å². The molecule has 150 valence electrons. The molecule has 0 spiro atoms. The van der Waals surface area contributed by atoms with Crippen LogP contribution in [-0.2, 0) is 9.47 Å². The summed E-state index contributed by atoms with van der Waals surface area (Å²) in [5.74, 6) is 0.806. The first-order valence-corrected chi connectivity index (χ1v) is 10.2. The standard InChI is InChI=1S/C22H34N2O3/c1-16-7-5-6-8-18(16)24-20(25)27-14-12-23-11-13-26-19-15-17-9-10-22(19,4)21(17,2)3/h5-8,17,19,23H,9-15H2,1-4H3,(H,24,25)/t17-,19-,22-/m1/s1. The van der Waals surface area contributed by atoms with Crippen LogP contribution in [0.15, 0.2) is 24.3 Å². The summed E-state index contributed by atoms with van der Waals surface area (Å²) in [7, 11) is 0. The summed E-state index contributed by atoms with van der Waals surface area (Å²) in [6.45, 7) is 11.6. The Morgan fingerprint density at radius 2 is 1.93 bits per heavy atom. The van der Waals surface area contributed by atoms with Crippen molar-refractivity contribution in [3.8, 4) is 0 Å². The predicted molar refractivity (Wildman–Crippen MR) is 108 cm³/mol. The Morgan fingerprint density at radius 3 is 2.59 bits per heavy atom.